The smallest absolute Gasteiger partial charge is 0.229 e. The van der Waals surface area contributed by atoms with Crippen LogP contribution in [0.5, 0.6) is 0 Å². The maximum absolute atomic E-state index is 11.9. The zero-order chi connectivity index (χ0) is 27.9. The number of nitrogens with zero attached hydrogens (tertiary/aromatic N) is 3. The van der Waals surface area contributed by atoms with Gasteiger partial charge in [0.2, 0.25) is 5.95 Å². The van der Waals surface area contributed by atoms with Crippen LogP contribution < -0.4 is 4.90 Å². The van der Waals surface area contributed by atoms with E-state index in [9.17, 15) is 4.79 Å². The van der Waals surface area contributed by atoms with Gasteiger partial charge in [0.1, 0.15) is 0 Å². The summed E-state index contributed by atoms with van der Waals surface area (Å²) in [5, 5.41) is 7.88. The zero-order valence-electron chi connectivity index (χ0n) is 24.2. The average Bonchev–Trinajstić information content (AvgIpc) is 3.88. The maximum Gasteiger partial charge on any atom is 0.229 e. The van der Waals surface area contributed by atoms with E-state index < -0.39 is 0 Å². The summed E-state index contributed by atoms with van der Waals surface area (Å²) in [5.41, 5.74) is 8.04. The summed E-state index contributed by atoms with van der Waals surface area (Å²) in [6.07, 6.45) is 15.1. The lowest BCUT2D eigenvalue weighted by molar-refractivity contribution is 0.101. The number of rotatable bonds is 8. The van der Waals surface area contributed by atoms with E-state index in [4.69, 9.17) is 15.1 Å². The van der Waals surface area contributed by atoms with Crippen molar-refractivity contribution in [1.82, 2.24) is 9.97 Å². The molecule has 2 aliphatic carbocycles. The van der Waals surface area contributed by atoms with Gasteiger partial charge in [-0.15, -0.1) is 0 Å². The van der Waals surface area contributed by atoms with E-state index in [2.05, 4.69) is 43.5 Å². The van der Waals surface area contributed by atoms with Gasteiger partial charge in [0, 0.05) is 47.8 Å². The molecule has 0 unspecified atom stereocenters. The molecule has 0 atom stereocenters. The van der Waals surface area contributed by atoms with Crippen molar-refractivity contribution in [1.29, 1.82) is 0 Å². The van der Waals surface area contributed by atoms with Crippen LogP contribution in [0.15, 0.2) is 60.5 Å². The molecule has 0 saturated heterocycles. The summed E-state index contributed by atoms with van der Waals surface area (Å²) >= 11 is 0. The van der Waals surface area contributed by atoms with Gasteiger partial charge in [-0.3, -0.25) is 4.79 Å². The summed E-state index contributed by atoms with van der Waals surface area (Å²) in [6.45, 7) is 17.4. The van der Waals surface area contributed by atoms with Crippen molar-refractivity contribution in [3.8, 4) is 0 Å². The van der Waals surface area contributed by atoms with Crippen molar-refractivity contribution < 1.29 is 9.90 Å². The fourth-order valence-electron chi connectivity index (χ4n) is 4.64. The largest absolute Gasteiger partial charge is 0.396 e. The summed E-state index contributed by atoms with van der Waals surface area (Å²) < 4.78 is 0. The van der Waals surface area contributed by atoms with Crippen molar-refractivity contribution in [2.24, 2.45) is 5.92 Å². The number of hydrogen-bond acceptors (Lipinski definition) is 5. The molecule has 38 heavy (non-hydrogen) atoms. The molecule has 1 aromatic carbocycles. The number of ketones is 1. The van der Waals surface area contributed by atoms with Gasteiger partial charge in [0.05, 0.1) is 0 Å². The Labute approximate surface area is 229 Å². The quantitative estimate of drug-likeness (QED) is 0.285. The number of aromatic nitrogens is 2. The maximum atomic E-state index is 11.9. The average molecular weight is 516 g/mol. The monoisotopic (exact) mass is 515 g/mol. The second kappa shape index (κ2) is 13.1. The number of anilines is 2. The second-order valence-corrected chi connectivity index (χ2v) is 10.4. The molecule has 0 radical (unpaired) electrons. The minimum absolute atomic E-state index is 0.0858. The van der Waals surface area contributed by atoms with Gasteiger partial charge in [0.25, 0.3) is 0 Å². The van der Waals surface area contributed by atoms with Crippen LogP contribution in [0, 0.1) is 5.92 Å². The van der Waals surface area contributed by atoms with Crippen molar-refractivity contribution in [3.63, 3.8) is 0 Å². The minimum Gasteiger partial charge on any atom is -0.396 e. The molecule has 5 nitrogen and oxygen atoms in total. The molecule has 1 aromatic heterocycles. The topological polar surface area (TPSA) is 66.3 Å². The Hall–Kier alpha value is -3.05. The predicted octanol–water partition coefficient (Wildman–Crippen LogP) is 7.98. The molecule has 0 bridgehead atoms. The Kier molecular flexibility index (Phi) is 10.2. The van der Waals surface area contributed by atoms with Crippen LogP contribution in [-0.4, -0.2) is 34.0 Å². The van der Waals surface area contributed by atoms with Gasteiger partial charge in [-0.25, -0.2) is 9.97 Å². The second-order valence-electron chi connectivity index (χ2n) is 10.4. The third-order valence-corrected chi connectivity index (χ3v) is 7.42. The SMILES string of the molecule is C=C(/C=C(\C=C(/C)CC)C1CC1)c1cnc(N2CC3(CC3)c3ccc(C(C)=O)cc32)nc1.CC.CCCO. The van der Waals surface area contributed by atoms with E-state index in [1.807, 2.05) is 45.3 Å². The zero-order valence-corrected chi connectivity index (χ0v) is 24.2. The number of carbonyl (C=O) groups is 1. The molecule has 5 heteroatoms. The molecule has 5 rings (SSSR count). The highest BCUT2D eigenvalue weighted by Gasteiger charge is 2.52. The van der Waals surface area contributed by atoms with Crippen LogP contribution >= 0.6 is 0 Å². The number of Topliss-reactive ketones (excluding diaryl/α,β-unsaturated/α-hetero) is 1. The molecule has 2 fully saturated rings. The number of benzene rings is 1. The van der Waals surface area contributed by atoms with Crippen molar-refractivity contribution in [2.45, 2.75) is 85.5 Å². The van der Waals surface area contributed by atoms with Crippen LogP contribution in [0.4, 0.5) is 11.6 Å². The molecule has 1 spiro atoms. The highest BCUT2D eigenvalue weighted by Crippen LogP contribution is 2.57. The molecule has 204 valence electrons. The fourth-order valence-corrected chi connectivity index (χ4v) is 4.64. The molecule has 0 amide bonds. The Morgan fingerprint density at radius 1 is 1.11 bits per heavy atom. The highest BCUT2D eigenvalue weighted by atomic mass is 16.2. The molecule has 3 aliphatic rings. The fraction of sp³-hybridized carbons (Fsp3) is 0.485. The van der Waals surface area contributed by atoms with E-state index in [0.29, 0.717) is 18.5 Å². The molecule has 2 saturated carbocycles. The lowest BCUT2D eigenvalue weighted by atomic mass is 9.97. The lowest BCUT2D eigenvalue weighted by Crippen LogP contribution is -2.21. The Morgan fingerprint density at radius 2 is 1.74 bits per heavy atom. The van der Waals surface area contributed by atoms with E-state index in [1.54, 1.807) is 6.92 Å². The normalized spacial score (nSPS) is 17.2. The highest BCUT2D eigenvalue weighted by molar-refractivity contribution is 5.96. The van der Waals surface area contributed by atoms with Crippen LogP contribution in [0.3, 0.4) is 0 Å². The lowest BCUT2D eigenvalue weighted by Gasteiger charge is -2.18. The molecule has 1 N–H and O–H groups in total. The van der Waals surface area contributed by atoms with E-state index in [1.165, 1.54) is 42.4 Å². The van der Waals surface area contributed by atoms with Crippen LogP contribution in [0.1, 0.15) is 102 Å². The van der Waals surface area contributed by atoms with Gasteiger partial charge in [0.15, 0.2) is 5.78 Å². The van der Waals surface area contributed by atoms with Gasteiger partial charge in [-0.2, -0.15) is 0 Å². The van der Waals surface area contributed by atoms with Crippen LogP contribution in [0.2, 0.25) is 0 Å². The number of aliphatic hydroxyl groups is 1. The summed E-state index contributed by atoms with van der Waals surface area (Å²) in [6, 6.07) is 6.09. The Morgan fingerprint density at radius 3 is 2.24 bits per heavy atom. The standard InChI is InChI=1S/C28H31N3O.C3H8O.C2H6/c1-5-18(2)12-23(21-6-7-21)13-19(3)24-15-29-27(30-16-24)31-17-28(10-11-28)25-9-8-22(20(4)32)14-26(25)31;1-2-3-4;1-2/h8-9,12-16,21H,3,5-7,10-11,17H2,1-2,4H3;4H,2-3H2,1H3;1-2H3/b18-12+,23-13+;;. The minimum atomic E-state index is 0.0858. The molecular formula is C33H45N3O2. The van der Waals surface area contributed by atoms with Crippen molar-refractivity contribution in [3.05, 3.63) is 77.2 Å². The first-order chi connectivity index (χ1) is 18.3. The first kappa shape index (κ1) is 29.5. The molecule has 1 aliphatic heterocycles. The first-order valence-electron chi connectivity index (χ1n) is 14.3. The summed E-state index contributed by atoms with van der Waals surface area (Å²) in [7, 11) is 0. The Balaban J connectivity index is 0.000000612. The number of carbonyl (C=O) groups excluding carboxylic acids is 1. The van der Waals surface area contributed by atoms with Crippen LogP contribution in [-0.2, 0) is 5.41 Å². The third kappa shape index (κ3) is 6.87. The van der Waals surface area contributed by atoms with Gasteiger partial charge < -0.3 is 10.0 Å². The molecule has 2 heterocycles. The number of hydrogen-bond donors (Lipinski definition) is 1. The van der Waals surface area contributed by atoms with Gasteiger partial charge in [-0.05, 0) is 81.1 Å². The van der Waals surface area contributed by atoms with E-state index in [0.717, 1.165) is 41.8 Å². The Bertz CT molecular complexity index is 1180. The summed E-state index contributed by atoms with van der Waals surface area (Å²) in [5.74, 6) is 1.45. The van der Waals surface area contributed by atoms with E-state index in [-0.39, 0.29) is 11.2 Å². The number of allylic oxidation sites excluding steroid dienone is 5. The predicted molar refractivity (Wildman–Crippen MR) is 159 cm³/mol. The molecular weight excluding hydrogens is 470 g/mol. The number of aliphatic hydroxyl groups excluding tert-OH is 1. The van der Waals surface area contributed by atoms with Crippen molar-refractivity contribution in [2.75, 3.05) is 18.1 Å². The number of fused-ring (bicyclic) bond motifs is 2. The first-order valence-corrected chi connectivity index (χ1v) is 14.3. The summed E-state index contributed by atoms with van der Waals surface area (Å²) in [4.78, 5) is 23.6. The van der Waals surface area contributed by atoms with E-state index >= 15 is 0 Å². The van der Waals surface area contributed by atoms with Gasteiger partial charge in [-0.1, -0.05) is 64.1 Å². The van der Waals surface area contributed by atoms with Gasteiger partial charge >= 0.3 is 0 Å². The van der Waals surface area contributed by atoms with Crippen LogP contribution in [0.25, 0.3) is 5.57 Å². The third-order valence-electron chi connectivity index (χ3n) is 7.42. The van der Waals surface area contributed by atoms with Crippen molar-refractivity contribution >= 4 is 23.0 Å². The molecule has 2 aromatic rings.